The molecule has 0 fully saturated rings. The number of fused-ring (bicyclic) bond motifs is 3. The highest BCUT2D eigenvalue weighted by Gasteiger charge is 2.12. The molecule has 0 atom stereocenters. The molecule has 0 aliphatic carbocycles. The molecule has 1 heterocycles. The average Bonchev–Trinajstić information content (AvgIpc) is 3.05. The largest absolute Gasteiger partial charge is 0.373 e. The van der Waals surface area contributed by atoms with Gasteiger partial charge < -0.3 is 10.3 Å². The lowest BCUT2D eigenvalue weighted by Gasteiger charge is -2.08. The van der Waals surface area contributed by atoms with Crippen LogP contribution in [0.5, 0.6) is 0 Å². The molecule has 0 aliphatic rings. The maximum atomic E-state index is 8.57. The zero-order chi connectivity index (χ0) is 17.2. The van der Waals surface area contributed by atoms with Gasteiger partial charge in [-0.2, -0.15) is 0 Å². The van der Waals surface area contributed by atoms with Gasteiger partial charge in [0.05, 0.1) is 0 Å². The summed E-state index contributed by atoms with van der Waals surface area (Å²) in [7, 11) is 1.82. The Morgan fingerprint density at radius 1 is 0.880 bits per heavy atom. The van der Waals surface area contributed by atoms with E-state index in [2.05, 4.69) is 27.4 Å². The first-order chi connectivity index (χ1) is 12.3. The molecule has 0 radical (unpaired) electrons. The third-order valence-electron chi connectivity index (χ3n) is 4.29. The third kappa shape index (κ3) is 2.68. The Morgan fingerprint density at radius 3 is 2.40 bits per heavy atom. The lowest BCUT2D eigenvalue weighted by atomic mass is 10.1. The van der Waals surface area contributed by atoms with E-state index in [1.165, 1.54) is 0 Å². The summed E-state index contributed by atoms with van der Waals surface area (Å²) in [6, 6.07) is 24.0. The first kappa shape index (κ1) is 15.1. The van der Waals surface area contributed by atoms with E-state index in [9.17, 15) is 0 Å². The van der Waals surface area contributed by atoms with Gasteiger partial charge in [-0.1, -0.05) is 60.7 Å². The second kappa shape index (κ2) is 6.24. The van der Waals surface area contributed by atoms with Crippen LogP contribution < -0.4 is 5.32 Å². The van der Waals surface area contributed by atoms with Crippen LogP contribution in [0.4, 0.5) is 0 Å². The van der Waals surface area contributed by atoms with Crippen molar-refractivity contribution in [2.45, 2.75) is 0 Å². The Kier molecular flexibility index (Phi) is 3.78. The number of benzene rings is 3. The van der Waals surface area contributed by atoms with Gasteiger partial charge in [0.15, 0.2) is 5.84 Å². The van der Waals surface area contributed by atoms with Crippen LogP contribution in [0.15, 0.2) is 77.8 Å². The maximum absolute atomic E-state index is 8.57. The summed E-state index contributed by atoms with van der Waals surface area (Å²) in [5.41, 5.74) is 3.86. The van der Waals surface area contributed by atoms with Gasteiger partial charge in [-0.15, -0.1) is 0 Å². The Morgan fingerprint density at radius 2 is 1.60 bits per heavy atom. The van der Waals surface area contributed by atoms with Crippen LogP contribution in [0.3, 0.4) is 0 Å². The summed E-state index contributed by atoms with van der Waals surface area (Å²) in [5, 5.41) is 13.8. The molecule has 0 amide bonds. The number of aliphatic imine (C=N–C) groups is 1. The zero-order valence-corrected chi connectivity index (χ0v) is 13.9. The predicted octanol–water partition coefficient (Wildman–Crippen LogP) is 4.31. The van der Waals surface area contributed by atoms with Crippen molar-refractivity contribution < 1.29 is 0 Å². The van der Waals surface area contributed by atoms with E-state index in [4.69, 9.17) is 5.41 Å². The molecule has 0 saturated carbocycles. The van der Waals surface area contributed by atoms with Crippen LogP contribution >= 0.6 is 0 Å². The fraction of sp³-hybridized carbons (Fsp3) is 0.0476. The monoisotopic (exact) mass is 326 g/mol. The molecule has 0 bridgehead atoms. The first-order valence-electron chi connectivity index (χ1n) is 8.18. The molecular weight excluding hydrogens is 308 g/mol. The van der Waals surface area contributed by atoms with E-state index in [-0.39, 0.29) is 5.84 Å². The van der Waals surface area contributed by atoms with Crippen molar-refractivity contribution in [2.24, 2.45) is 4.99 Å². The van der Waals surface area contributed by atoms with Gasteiger partial charge in [0, 0.05) is 40.0 Å². The van der Waals surface area contributed by atoms with E-state index < -0.39 is 0 Å². The highest BCUT2D eigenvalue weighted by molar-refractivity contribution is 6.21. The topological polar surface area (TPSA) is 64.0 Å². The summed E-state index contributed by atoms with van der Waals surface area (Å²) >= 11 is 0. The van der Waals surface area contributed by atoms with Crippen molar-refractivity contribution in [3.05, 3.63) is 83.9 Å². The molecule has 0 spiro atoms. The summed E-state index contributed by atoms with van der Waals surface area (Å²) in [4.78, 5) is 7.96. The van der Waals surface area contributed by atoms with Crippen LogP contribution in [-0.2, 0) is 0 Å². The van der Waals surface area contributed by atoms with Gasteiger partial charge in [-0.3, -0.25) is 5.41 Å². The first-order valence-corrected chi connectivity index (χ1v) is 8.18. The number of hydrogen-bond donors (Lipinski definition) is 3. The minimum absolute atomic E-state index is 0.239. The van der Waals surface area contributed by atoms with Gasteiger partial charge in [0.2, 0.25) is 0 Å². The lowest BCUT2D eigenvalue weighted by Crippen LogP contribution is -2.21. The minimum Gasteiger partial charge on any atom is -0.373 e. The molecule has 4 nitrogen and oxygen atoms in total. The summed E-state index contributed by atoms with van der Waals surface area (Å²) in [6.45, 7) is 0. The molecule has 25 heavy (non-hydrogen) atoms. The Hall–Kier alpha value is -3.40. The molecule has 0 saturated heterocycles. The second-order valence-electron chi connectivity index (χ2n) is 5.82. The summed E-state index contributed by atoms with van der Waals surface area (Å²) in [6.07, 6.45) is 0. The number of amidine groups is 2. The number of rotatable bonds is 2. The number of hydrogen-bond acceptors (Lipinski definition) is 1. The fourth-order valence-corrected chi connectivity index (χ4v) is 3.13. The van der Waals surface area contributed by atoms with Gasteiger partial charge >= 0.3 is 0 Å². The maximum Gasteiger partial charge on any atom is 0.154 e. The third-order valence-corrected chi connectivity index (χ3v) is 4.29. The van der Waals surface area contributed by atoms with Crippen molar-refractivity contribution in [1.82, 2.24) is 10.3 Å². The highest BCUT2D eigenvalue weighted by Crippen LogP contribution is 2.28. The Bertz CT molecular complexity index is 1090. The number of aromatic amines is 1. The summed E-state index contributed by atoms with van der Waals surface area (Å²) in [5.74, 6) is 0.922. The van der Waals surface area contributed by atoms with Crippen molar-refractivity contribution >= 4 is 33.5 Å². The lowest BCUT2D eigenvalue weighted by molar-refractivity contribution is 1.16. The Labute approximate surface area is 145 Å². The normalized spacial score (nSPS) is 11.8. The smallest absolute Gasteiger partial charge is 0.154 e. The van der Waals surface area contributed by atoms with Gasteiger partial charge in [-0.25, -0.2) is 4.99 Å². The molecule has 0 unspecified atom stereocenters. The van der Waals surface area contributed by atoms with Crippen molar-refractivity contribution in [1.29, 1.82) is 5.41 Å². The minimum atomic E-state index is 0.239. The molecular formula is C21H18N4. The number of H-pyrrole nitrogens is 1. The second-order valence-corrected chi connectivity index (χ2v) is 5.82. The van der Waals surface area contributed by atoms with Gasteiger partial charge in [-0.05, 0) is 12.1 Å². The van der Waals surface area contributed by atoms with E-state index in [0.29, 0.717) is 5.84 Å². The standard InChI is InChI=1S/C21H18N4/c1-23-21(14-8-3-2-4-9-14)25-20(22)16-11-7-13-18-19(16)15-10-5-6-12-17(15)24-18/h2-13,24H,1H3,(H2,22,23,25). The molecule has 122 valence electrons. The van der Waals surface area contributed by atoms with Crippen LogP contribution in [0, 0.1) is 5.41 Å². The predicted molar refractivity (Wildman–Crippen MR) is 105 cm³/mol. The zero-order valence-electron chi connectivity index (χ0n) is 13.9. The number of aromatic nitrogens is 1. The highest BCUT2D eigenvalue weighted by atomic mass is 15.0. The number of para-hydroxylation sites is 1. The van der Waals surface area contributed by atoms with Crippen LogP contribution in [0.1, 0.15) is 11.1 Å². The van der Waals surface area contributed by atoms with Crippen molar-refractivity contribution in [3.8, 4) is 0 Å². The average molecular weight is 326 g/mol. The molecule has 3 aromatic carbocycles. The van der Waals surface area contributed by atoms with Crippen LogP contribution in [0.2, 0.25) is 0 Å². The quantitative estimate of drug-likeness (QED) is 0.373. The molecule has 4 aromatic rings. The van der Waals surface area contributed by atoms with Crippen molar-refractivity contribution in [3.63, 3.8) is 0 Å². The number of nitrogens with one attached hydrogen (secondary N) is 3. The van der Waals surface area contributed by atoms with Crippen molar-refractivity contribution in [2.75, 3.05) is 7.05 Å². The fourth-order valence-electron chi connectivity index (χ4n) is 3.13. The number of nitrogens with zero attached hydrogens (tertiary/aromatic N) is 1. The molecule has 1 aromatic heterocycles. The van der Waals surface area contributed by atoms with E-state index >= 15 is 0 Å². The van der Waals surface area contributed by atoms with Crippen LogP contribution in [-0.4, -0.2) is 23.7 Å². The Balaban J connectivity index is 1.86. The van der Waals surface area contributed by atoms with E-state index in [1.54, 1.807) is 0 Å². The summed E-state index contributed by atoms with van der Waals surface area (Å²) < 4.78 is 0. The molecule has 3 N–H and O–H groups in total. The van der Waals surface area contributed by atoms with Crippen LogP contribution in [0.25, 0.3) is 21.8 Å². The van der Waals surface area contributed by atoms with E-state index in [1.807, 2.05) is 67.7 Å². The van der Waals surface area contributed by atoms with Gasteiger partial charge in [0.25, 0.3) is 0 Å². The molecule has 4 rings (SSSR count). The molecule has 0 aliphatic heterocycles. The van der Waals surface area contributed by atoms with Gasteiger partial charge in [0.1, 0.15) is 5.84 Å². The molecule has 4 heteroatoms. The SMILES string of the molecule is CN/C(=N\C(=N)c1cccc2[nH]c3ccccc3c12)c1ccccc1. The van der Waals surface area contributed by atoms with E-state index in [0.717, 1.165) is 32.9 Å².